The molecular formula is C18H25N5O2S. The Labute approximate surface area is 156 Å². The maximum absolute atomic E-state index is 12.7. The van der Waals surface area contributed by atoms with Crippen LogP contribution in [0, 0.1) is 0 Å². The molecule has 1 amide bonds. The summed E-state index contributed by atoms with van der Waals surface area (Å²) in [6, 6.07) is 5.68. The minimum absolute atomic E-state index is 0.108. The average molecular weight is 375 g/mol. The predicted octanol–water partition coefficient (Wildman–Crippen LogP) is 1.88. The molecule has 2 aromatic rings. The topological polar surface area (TPSA) is 95.3 Å². The van der Waals surface area contributed by atoms with Crippen molar-refractivity contribution < 1.29 is 4.79 Å². The number of carbonyl (C=O) groups excluding carboxylic acids is 1. The van der Waals surface area contributed by atoms with E-state index in [0.29, 0.717) is 24.7 Å². The van der Waals surface area contributed by atoms with Gasteiger partial charge in [0.15, 0.2) is 0 Å². The minimum atomic E-state index is -0.247. The highest BCUT2D eigenvalue weighted by Gasteiger charge is 2.30. The summed E-state index contributed by atoms with van der Waals surface area (Å²) in [4.78, 5) is 37.0. The van der Waals surface area contributed by atoms with Crippen LogP contribution in [0.3, 0.4) is 0 Å². The largest absolute Gasteiger partial charge is 0.369 e. The van der Waals surface area contributed by atoms with Crippen molar-refractivity contribution >= 4 is 23.2 Å². The van der Waals surface area contributed by atoms with Crippen LogP contribution in [0.4, 0.5) is 5.95 Å². The second-order valence-corrected chi connectivity index (χ2v) is 8.20. The van der Waals surface area contributed by atoms with E-state index in [4.69, 9.17) is 5.73 Å². The second-order valence-electron chi connectivity index (χ2n) is 7.09. The van der Waals surface area contributed by atoms with Crippen LogP contribution in [0.1, 0.15) is 46.4 Å². The number of hydrogen-bond donors (Lipinski definition) is 2. The molecule has 1 atom stereocenters. The number of rotatable bonds is 5. The molecule has 0 bridgehead atoms. The predicted molar refractivity (Wildman–Crippen MR) is 103 cm³/mol. The molecule has 1 aliphatic heterocycles. The maximum atomic E-state index is 12.7. The molecule has 2 aromatic heterocycles. The van der Waals surface area contributed by atoms with Gasteiger partial charge in [0.25, 0.3) is 11.5 Å². The molecule has 0 unspecified atom stereocenters. The number of carbonyl (C=O) groups is 1. The molecule has 0 saturated carbocycles. The number of likely N-dealkylation sites (N-methyl/N-ethyl adjacent to an activating group) is 1. The Kier molecular flexibility index (Phi) is 5.43. The van der Waals surface area contributed by atoms with Crippen molar-refractivity contribution in [1.29, 1.82) is 0 Å². The van der Waals surface area contributed by atoms with Crippen LogP contribution in [0.25, 0.3) is 0 Å². The van der Waals surface area contributed by atoms with E-state index in [1.807, 2.05) is 24.1 Å². The van der Waals surface area contributed by atoms with Gasteiger partial charge in [0, 0.05) is 36.6 Å². The van der Waals surface area contributed by atoms with Crippen molar-refractivity contribution in [3.05, 3.63) is 44.0 Å². The Bertz CT molecular complexity index is 844. The van der Waals surface area contributed by atoms with E-state index in [1.165, 1.54) is 10.9 Å². The molecule has 140 valence electrons. The number of nitrogens with one attached hydrogen (secondary N) is 1. The van der Waals surface area contributed by atoms with Crippen molar-refractivity contribution in [3.63, 3.8) is 0 Å². The lowest BCUT2D eigenvalue weighted by atomic mass is 10.2. The van der Waals surface area contributed by atoms with E-state index in [1.54, 1.807) is 11.3 Å². The fraction of sp³-hybridized carbons (Fsp3) is 0.500. The van der Waals surface area contributed by atoms with Gasteiger partial charge in [-0.15, -0.1) is 11.3 Å². The summed E-state index contributed by atoms with van der Waals surface area (Å²) in [6.07, 6.45) is 0.906. The molecule has 8 heteroatoms. The summed E-state index contributed by atoms with van der Waals surface area (Å²) in [6.45, 7) is 6.22. The summed E-state index contributed by atoms with van der Waals surface area (Å²) in [5.74, 6) is 0.673. The summed E-state index contributed by atoms with van der Waals surface area (Å²) in [7, 11) is 1.99. The number of nitrogens with two attached hydrogens (primary N) is 1. The second kappa shape index (κ2) is 7.59. The third kappa shape index (κ3) is 4.13. The van der Waals surface area contributed by atoms with Gasteiger partial charge < -0.3 is 10.6 Å². The normalized spacial score (nSPS) is 17.4. The molecule has 1 saturated heterocycles. The van der Waals surface area contributed by atoms with Gasteiger partial charge in [-0.05, 0) is 31.5 Å². The molecule has 0 radical (unpaired) electrons. The number of nitrogens with zero attached hydrogens (tertiary/aromatic N) is 3. The molecule has 1 aliphatic rings. The van der Waals surface area contributed by atoms with Crippen LogP contribution in [-0.2, 0) is 6.54 Å². The summed E-state index contributed by atoms with van der Waals surface area (Å²) in [5, 5.41) is 0. The fourth-order valence-corrected chi connectivity index (χ4v) is 4.19. The highest BCUT2D eigenvalue weighted by atomic mass is 32.1. The first kappa shape index (κ1) is 18.6. The van der Waals surface area contributed by atoms with Gasteiger partial charge in [-0.2, -0.15) is 0 Å². The highest BCUT2D eigenvalue weighted by Crippen LogP contribution is 2.27. The Morgan fingerprint density at radius 2 is 2.27 bits per heavy atom. The van der Waals surface area contributed by atoms with Crippen molar-refractivity contribution in [1.82, 2.24) is 19.8 Å². The molecule has 0 aliphatic carbocycles. The lowest BCUT2D eigenvalue weighted by molar-refractivity contribution is 0.0784. The van der Waals surface area contributed by atoms with E-state index < -0.39 is 0 Å². The van der Waals surface area contributed by atoms with Crippen molar-refractivity contribution in [2.45, 2.75) is 38.8 Å². The molecule has 3 rings (SSSR count). The number of thiophene rings is 1. The number of aromatic amines is 1. The van der Waals surface area contributed by atoms with E-state index in [2.05, 4.69) is 28.7 Å². The first-order chi connectivity index (χ1) is 12.3. The summed E-state index contributed by atoms with van der Waals surface area (Å²) >= 11 is 1.58. The standard InChI is InChI=1S/C18H25N5O2S/c1-11(2)14-4-5-15(26-14)17(25)23-7-6-13(10-23)22(3)9-12-8-16(24)21-18(19)20-12/h4-5,8,11,13H,6-7,9-10H2,1-3H3,(H3,19,20,21,24)/t13-/m0/s1. The number of likely N-dealkylation sites (tertiary alicyclic amines) is 1. The zero-order valence-electron chi connectivity index (χ0n) is 15.4. The molecule has 3 N–H and O–H groups in total. The van der Waals surface area contributed by atoms with Crippen molar-refractivity contribution in [2.24, 2.45) is 0 Å². The Morgan fingerprint density at radius 1 is 1.50 bits per heavy atom. The molecule has 7 nitrogen and oxygen atoms in total. The van der Waals surface area contributed by atoms with Gasteiger partial charge >= 0.3 is 0 Å². The zero-order chi connectivity index (χ0) is 18.8. The Balaban J connectivity index is 1.61. The van der Waals surface area contributed by atoms with Gasteiger partial charge in [0.2, 0.25) is 5.95 Å². The molecule has 0 spiro atoms. The van der Waals surface area contributed by atoms with Gasteiger partial charge in [-0.1, -0.05) is 13.8 Å². The Morgan fingerprint density at radius 3 is 2.92 bits per heavy atom. The summed E-state index contributed by atoms with van der Waals surface area (Å²) < 4.78 is 0. The van der Waals surface area contributed by atoms with E-state index in [9.17, 15) is 9.59 Å². The maximum Gasteiger partial charge on any atom is 0.263 e. The number of amides is 1. The van der Waals surface area contributed by atoms with Crippen LogP contribution >= 0.6 is 11.3 Å². The third-order valence-corrected chi connectivity index (χ3v) is 6.08. The number of anilines is 1. The monoisotopic (exact) mass is 375 g/mol. The highest BCUT2D eigenvalue weighted by molar-refractivity contribution is 7.14. The van der Waals surface area contributed by atoms with Crippen LogP contribution < -0.4 is 11.3 Å². The number of hydrogen-bond acceptors (Lipinski definition) is 6. The van der Waals surface area contributed by atoms with Crippen molar-refractivity contribution in [2.75, 3.05) is 25.9 Å². The van der Waals surface area contributed by atoms with Crippen LogP contribution in [0.5, 0.6) is 0 Å². The lowest BCUT2D eigenvalue weighted by Gasteiger charge is -2.24. The number of nitrogen functional groups attached to an aromatic ring is 1. The zero-order valence-corrected chi connectivity index (χ0v) is 16.2. The lowest BCUT2D eigenvalue weighted by Crippen LogP contribution is -2.36. The van der Waals surface area contributed by atoms with Crippen LogP contribution in [0.15, 0.2) is 23.0 Å². The molecule has 0 aromatic carbocycles. The smallest absolute Gasteiger partial charge is 0.263 e. The van der Waals surface area contributed by atoms with Gasteiger partial charge in [0.05, 0.1) is 10.6 Å². The van der Waals surface area contributed by atoms with Gasteiger partial charge in [0.1, 0.15) is 0 Å². The average Bonchev–Trinajstić information content (AvgIpc) is 3.23. The van der Waals surface area contributed by atoms with E-state index in [0.717, 1.165) is 17.8 Å². The number of aromatic nitrogens is 2. The molecule has 26 heavy (non-hydrogen) atoms. The quantitative estimate of drug-likeness (QED) is 0.832. The molecule has 3 heterocycles. The minimum Gasteiger partial charge on any atom is -0.369 e. The number of H-pyrrole nitrogens is 1. The Hall–Kier alpha value is -2.19. The molecule has 1 fully saturated rings. The van der Waals surface area contributed by atoms with Crippen LogP contribution in [0.2, 0.25) is 0 Å². The van der Waals surface area contributed by atoms with Gasteiger partial charge in [-0.3, -0.25) is 19.5 Å². The van der Waals surface area contributed by atoms with Gasteiger partial charge in [-0.25, -0.2) is 4.98 Å². The first-order valence-electron chi connectivity index (χ1n) is 8.78. The SMILES string of the molecule is CC(C)c1ccc(C(=O)N2CC[C@H](N(C)Cc3cc(=O)[nH]c(N)n3)C2)s1. The van der Waals surface area contributed by atoms with E-state index in [-0.39, 0.29) is 23.5 Å². The third-order valence-electron chi connectivity index (χ3n) is 4.70. The summed E-state index contributed by atoms with van der Waals surface area (Å²) in [5.41, 5.74) is 5.99. The van der Waals surface area contributed by atoms with E-state index >= 15 is 0 Å². The van der Waals surface area contributed by atoms with Crippen molar-refractivity contribution in [3.8, 4) is 0 Å². The molecular weight excluding hydrogens is 350 g/mol. The first-order valence-corrected chi connectivity index (χ1v) is 9.60. The van der Waals surface area contributed by atoms with Crippen LogP contribution in [-0.4, -0.2) is 51.9 Å². The fourth-order valence-electron chi connectivity index (χ4n) is 3.21.